The summed E-state index contributed by atoms with van der Waals surface area (Å²) in [6, 6.07) is 14.6. The van der Waals surface area contributed by atoms with Gasteiger partial charge in [-0.25, -0.2) is 0 Å². The summed E-state index contributed by atoms with van der Waals surface area (Å²) in [5.74, 6) is 0.596. The second kappa shape index (κ2) is 4.44. The van der Waals surface area contributed by atoms with Gasteiger partial charge >= 0.3 is 0 Å². The van der Waals surface area contributed by atoms with Gasteiger partial charge in [-0.05, 0) is 42.2 Å². The van der Waals surface area contributed by atoms with Crippen molar-refractivity contribution >= 4 is 0 Å². The topological polar surface area (TPSA) is 33.0 Å². The van der Waals surface area contributed by atoms with Crippen LogP contribution < -0.4 is 4.74 Å². The van der Waals surface area contributed by atoms with Gasteiger partial charge in [0.15, 0.2) is 0 Å². The molecule has 0 aliphatic carbocycles. The van der Waals surface area contributed by atoms with Gasteiger partial charge in [-0.2, -0.15) is 5.26 Å². The fourth-order valence-electron chi connectivity index (χ4n) is 2.57. The molecule has 0 aromatic heterocycles. The number of benzene rings is 2. The van der Waals surface area contributed by atoms with Gasteiger partial charge < -0.3 is 4.74 Å². The molecule has 1 aliphatic heterocycles. The summed E-state index contributed by atoms with van der Waals surface area (Å²) >= 11 is 0. The molecular weight excluding hydrogens is 234 g/mol. The quantitative estimate of drug-likeness (QED) is 0.710. The molecule has 94 valence electrons. The minimum atomic E-state index is -0.243. The van der Waals surface area contributed by atoms with Gasteiger partial charge in [0.05, 0.1) is 6.07 Å². The monoisotopic (exact) mass is 249 g/mol. The van der Waals surface area contributed by atoms with Crippen LogP contribution in [0.15, 0.2) is 36.4 Å². The first-order chi connectivity index (χ1) is 9.20. The maximum atomic E-state index is 9.56. The van der Waals surface area contributed by atoms with E-state index in [1.807, 2.05) is 30.3 Å². The fourth-order valence-corrected chi connectivity index (χ4v) is 2.57. The van der Waals surface area contributed by atoms with Crippen molar-refractivity contribution in [1.29, 1.82) is 5.26 Å². The van der Waals surface area contributed by atoms with Crippen molar-refractivity contribution in [3.8, 4) is 11.8 Å². The molecule has 2 nitrogen and oxygen atoms in total. The summed E-state index contributed by atoms with van der Waals surface area (Å²) < 4.78 is 5.89. The van der Waals surface area contributed by atoms with Gasteiger partial charge in [0.1, 0.15) is 18.3 Å². The Labute approximate surface area is 113 Å². The Kier molecular flexibility index (Phi) is 2.76. The normalized spacial score (nSPS) is 16.6. The summed E-state index contributed by atoms with van der Waals surface area (Å²) in [6.45, 7) is 4.67. The van der Waals surface area contributed by atoms with Crippen LogP contribution in [0.1, 0.15) is 33.7 Å². The molecule has 0 amide bonds. The molecule has 0 spiro atoms. The highest BCUT2D eigenvalue weighted by atomic mass is 16.5. The van der Waals surface area contributed by atoms with Crippen molar-refractivity contribution < 1.29 is 4.74 Å². The van der Waals surface area contributed by atoms with Crippen molar-refractivity contribution in [2.75, 3.05) is 0 Å². The molecule has 1 aliphatic rings. The molecule has 0 N–H and O–H groups in total. The molecule has 3 rings (SSSR count). The van der Waals surface area contributed by atoms with E-state index in [0.29, 0.717) is 6.61 Å². The number of fused-ring (bicyclic) bond motifs is 2. The van der Waals surface area contributed by atoms with E-state index in [-0.39, 0.29) is 5.92 Å². The zero-order chi connectivity index (χ0) is 13.4. The van der Waals surface area contributed by atoms with E-state index in [0.717, 1.165) is 22.4 Å². The van der Waals surface area contributed by atoms with Gasteiger partial charge in [0.25, 0.3) is 0 Å². The predicted molar refractivity (Wildman–Crippen MR) is 74.1 cm³/mol. The first-order valence-corrected chi connectivity index (χ1v) is 6.42. The molecule has 0 radical (unpaired) electrons. The Morgan fingerprint density at radius 1 is 1.11 bits per heavy atom. The molecule has 0 saturated heterocycles. The maximum Gasteiger partial charge on any atom is 0.124 e. The smallest absolute Gasteiger partial charge is 0.124 e. The maximum absolute atomic E-state index is 9.56. The van der Waals surface area contributed by atoms with E-state index in [9.17, 15) is 5.26 Å². The lowest BCUT2D eigenvalue weighted by molar-refractivity contribution is 0.306. The lowest BCUT2D eigenvalue weighted by Crippen LogP contribution is -2.00. The first-order valence-electron chi connectivity index (χ1n) is 6.42. The van der Waals surface area contributed by atoms with E-state index in [2.05, 4.69) is 26.0 Å². The van der Waals surface area contributed by atoms with Crippen LogP contribution in [0.3, 0.4) is 0 Å². The standard InChI is InChI=1S/C17H15NO/c1-11-7-15-16(9-18)14-6-4-3-5-13(14)10-19-17(15)8-12(11)2/h3-8,16H,10H2,1-2H3/t16-/m0/s1. The van der Waals surface area contributed by atoms with Crippen LogP contribution in [0.2, 0.25) is 0 Å². The van der Waals surface area contributed by atoms with Gasteiger partial charge in [-0.15, -0.1) is 0 Å². The number of nitrogens with zero attached hydrogens (tertiary/aromatic N) is 1. The molecule has 2 aromatic carbocycles. The van der Waals surface area contributed by atoms with Crippen molar-refractivity contribution in [3.05, 3.63) is 64.2 Å². The molecule has 0 bridgehead atoms. The third-order valence-electron chi connectivity index (χ3n) is 3.82. The Hall–Kier alpha value is -2.27. The van der Waals surface area contributed by atoms with Crippen molar-refractivity contribution in [2.45, 2.75) is 26.4 Å². The molecule has 19 heavy (non-hydrogen) atoms. The molecule has 0 saturated carbocycles. The zero-order valence-electron chi connectivity index (χ0n) is 11.1. The van der Waals surface area contributed by atoms with Crippen LogP contribution in [-0.4, -0.2) is 0 Å². The van der Waals surface area contributed by atoms with E-state index in [1.165, 1.54) is 11.1 Å². The summed E-state index contributed by atoms with van der Waals surface area (Å²) in [6.07, 6.45) is 0. The molecule has 2 heteroatoms. The number of nitriles is 1. The number of aryl methyl sites for hydroxylation is 2. The highest BCUT2D eigenvalue weighted by Gasteiger charge is 2.24. The average molecular weight is 249 g/mol. The second-order valence-corrected chi connectivity index (χ2v) is 5.02. The number of hydrogen-bond acceptors (Lipinski definition) is 2. The van der Waals surface area contributed by atoms with E-state index in [1.54, 1.807) is 0 Å². The molecular formula is C17H15NO. The van der Waals surface area contributed by atoms with Gasteiger partial charge in [-0.3, -0.25) is 0 Å². The summed E-state index contributed by atoms with van der Waals surface area (Å²) in [5, 5.41) is 9.56. The predicted octanol–water partition coefficient (Wildman–Crippen LogP) is 3.85. The van der Waals surface area contributed by atoms with E-state index >= 15 is 0 Å². The lowest BCUT2D eigenvalue weighted by Gasteiger charge is -2.13. The van der Waals surface area contributed by atoms with Crippen LogP contribution in [0.25, 0.3) is 0 Å². The lowest BCUT2D eigenvalue weighted by atomic mass is 9.88. The van der Waals surface area contributed by atoms with Crippen LogP contribution in [0.5, 0.6) is 5.75 Å². The SMILES string of the molecule is Cc1cc2c(cc1C)[C@@H](C#N)c1ccccc1CO2. The van der Waals surface area contributed by atoms with Gasteiger partial charge in [0.2, 0.25) is 0 Å². The minimum absolute atomic E-state index is 0.243. The highest BCUT2D eigenvalue weighted by Crippen LogP contribution is 2.38. The largest absolute Gasteiger partial charge is 0.489 e. The van der Waals surface area contributed by atoms with Crippen LogP contribution in [0.4, 0.5) is 0 Å². The third kappa shape index (κ3) is 1.88. The fraction of sp³-hybridized carbons (Fsp3) is 0.235. The number of hydrogen-bond donors (Lipinski definition) is 0. The van der Waals surface area contributed by atoms with Gasteiger partial charge in [-0.1, -0.05) is 30.3 Å². The molecule has 1 atom stereocenters. The highest BCUT2D eigenvalue weighted by molar-refractivity contribution is 5.53. The second-order valence-electron chi connectivity index (χ2n) is 5.02. The minimum Gasteiger partial charge on any atom is -0.489 e. The summed E-state index contributed by atoms with van der Waals surface area (Å²) in [7, 11) is 0. The number of rotatable bonds is 0. The Balaban J connectivity index is 2.24. The molecule has 0 fully saturated rings. The Morgan fingerprint density at radius 2 is 1.84 bits per heavy atom. The third-order valence-corrected chi connectivity index (χ3v) is 3.82. The van der Waals surface area contributed by atoms with Crippen molar-refractivity contribution in [2.24, 2.45) is 0 Å². The number of ether oxygens (including phenoxy) is 1. The summed E-state index contributed by atoms with van der Waals surface area (Å²) in [4.78, 5) is 0. The van der Waals surface area contributed by atoms with Crippen molar-refractivity contribution in [3.63, 3.8) is 0 Å². The first kappa shape index (κ1) is 11.8. The van der Waals surface area contributed by atoms with E-state index in [4.69, 9.17) is 4.74 Å². The zero-order valence-corrected chi connectivity index (χ0v) is 11.1. The van der Waals surface area contributed by atoms with Crippen LogP contribution in [0, 0.1) is 25.2 Å². The van der Waals surface area contributed by atoms with Crippen molar-refractivity contribution in [1.82, 2.24) is 0 Å². The summed E-state index contributed by atoms with van der Waals surface area (Å²) in [5.41, 5.74) is 5.53. The van der Waals surface area contributed by atoms with Crippen LogP contribution >= 0.6 is 0 Å². The molecule has 2 aromatic rings. The van der Waals surface area contributed by atoms with E-state index < -0.39 is 0 Å². The Morgan fingerprint density at radius 3 is 2.63 bits per heavy atom. The average Bonchev–Trinajstić information content (AvgIpc) is 2.56. The van der Waals surface area contributed by atoms with Crippen LogP contribution in [-0.2, 0) is 6.61 Å². The Bertz CT molecular complexity index is 682. The molecule has 0 unspecified atom stereocenters. The van der Waals surface area contributed by atoms with Gasteiger partial charge in [0, 0.05) is 5.56 Å². The molecule has 1 heterocycles.